The molecule has 2 N–H and O–H groups in total. The number of rotatable bonds is 5. The molecular formula is C10H15O3P. The lowest BCUT2D eigenvalue weighted by Crippen LogP contribution is -1.88. The van der Waals surface area contributed by atoms with E-state index >= 15 is 0 Å². The zero-order valence-corrected chi connectivity index (χ0v) is 9.08. The van der Waals surface area contributed by atoms with Crippen molar-refractivity contribution in [3.05, 3.63) is 29.8 Å². The summed E-state index contributed by atoms with van der Waals surface area (Å²) in [6.07, 6.45) is 3.29. The molecule has 0 atom stereocenters. The third-order valence-electron chi connectivity index (χ3n) is 1.90. The van der Waals surface area contributed by atoms with E-state index in [1.165, 1.54) is 5.56 Å². The minimum Gasteiger partial charge on any atom is -0.427 e. The Morgan fingerprint density at radius 2 is 2.14 bits per heavy atom. The van der Waals surface area contributed by atoms with E-state index < -0.39 is 8.60 Å². The highest BCUT2D eigenvalue weighted by Gasteiger charge is 2.02. The van der Waals surface area contributed by atoms with Gasteiger partial charge in [-0.15, -0.1) is 0 Å². The van der Waals surface area contributed by atoms with Crippen molar-refractivity contribution in [3.63, 3.8) is 0 Å². The summed E-state index contributed by atoms with van der Waals surface area (Å²) in [5.74, 6) is 0.523. The molecule has 0 amide bonds. The van der Waals surface area contributed by atoms with E-state index in [0.717, 1.165) is 19.3 Å². The largest absolute Gasteiger partial charge is 0.427 e. The summed E-state index contributed by atoms with van der Waals surface area (Å²) < 4.78 is 4.81. The van der Waals surface area contributed by atoms with Crippen molar-refractivity contribution in [2.24, 2.45) is 0 Å². The van der Waals surface area contributed by atoms with E-state index in [0.29, 0.717) is 5.75 Å². The van der Waals surface area contributed by atoms with Crippen LogP contribution in [0, 0.1) is 0 Å². The predicted octanol–water partition coefficient (Wildman–Crippen LogP) is 2.62. The first kappa shape index (κ1) is 11.4. The monoisotopic (exact) mass is 214 g/mol. The van der Waals surface area contributed by atoms with Gasteiger partial charge in [0.1, 0.15) is 5.75 Å². The molecule has 0 fully saturated rings. The quantitative estimate of drug-likeness (QED) is 0.741. The van der Waals surface area contributed by atoms with E-state index in [2.05, 4.69) is 6.92 Å². The Balaban J connectivity index is 2.59. The Hall–Kier alpha value is -0.630. The molecule has 1 aromatic rings. The molecule has 0 aliphatic heterocycles. The van der Waals surface area contributed by atoms with Crippen LogP contribution in [0.4, 0.5) is 0 Å². The average Bonchev–Trinajstić information content (AvgIpc) is 2.14. The highest BCUT2D eigenvalue weighted by Crippen LogP contribution is 2.29. The van der Waals surface area contributed by atoms with Crippen molar-refractivity contribution in [1.82, 2.24) is 0 Å². The number of hydrogen-bond donors (Lipinski definition) is 2. The van der Waals surface area contributed by atoms with Gasteiger partial charge in [0.2, 0.25) is 0 Å². The van der Waals surface area contributed by atoms with Crippen LogP contribution in [-0.2, 0) is 6.42 Å². The minimum absolute atomic E-state index is 0.523. The fourth-order valence-electron chi connectivity index (χ4n) is 1.23. The van der Waals surface area contributed by atoms with Crippen LogP contribution in [0.2, 0.25) is 0 Å². The molecule has 4 heteroatoms. The molecule has 0 radical (unpaired) electrons. The van der Waals surface area contributed by atoms with Crippen molar-refractivity contribution in [3.8, 4) is 5.75 Å². The SMILES string of the molecule is CCCCc1cccc(OP(O)O)c1. The highest BCUT2D eigenvalue weighted by atomic mass is 31.2. The Kier molecular flexibility index (Phi) is 4.88. The fourth-order valence-corrected chi connectivity index (χ4v) is 1.54. The van der Waals surface area contributed by atoms with Crippen LogP contribution in [0.1, 0.15) is 25.3 Å². The second kappa shape index (κ2) is 5.97. The van der Waals surface area contributed by atoms with Crippen LogP contribution in [0.25, 0.3) is 0 Å². The summed E-state index contributed by atoms with van der Waals surface area (Å²) >= 11 is 0. The molecule has 1 rings (SSSR count). The standard InChI is InChI=1S/C10H15O3P/c1-2-3-5-9-6-4-7-10(8-9)13-14(11)12/h4,6-8,11-12H,2-3,5H2,1H3. The molecule has 3 nitrogen and oxygen atoms in total. The first-order chi connectivity index (χ1) is 6.72. The minimum atomic E-state index is -2.30. The van der Waals surface area contributed by atoms with Gasteiger partial charge < -0.3 is 14.3 Å². The van der Waals surface area contributed by atoms with Crippen LogP contribution in [0.5, 0.6) is 5.75 Å². The van der Waals surface area contributed by atoms with Crippen LogP contribution < -0.4 is 4.52 Å². The second-order valence-corrected chi connectivity index (χ2v) is 3.78. The summed E-state index contributed by atoms with van der Waals surface area (Å²) in [6.45, 7) is 2.14. The second-order valence-electron chi connectivity index (χ2n) is 3.09. The smallest absolute Gasteiger partial charge is 0.391 e. The molecule has 0 saturated carbocycles. The van der Waals surface area contributed by atoms with E-state index in [1.807, 2.05) is 18.2 Å². The third kappa shape index (κ3) is 4.05. The molecule has 0 spiro atoms. The van der Waals surface area contributed by atoms with Crippen molar-refractivity contribution < 1.29 is 14.3 Å². The van der Waals surface area contributed by atoms with E-state index in [9.17, 15) is 0 Å². The van der Waals surface area contributed by atoms with Gasteiger partial charge in [-0.3, -0.25) is 0 Å². The molecule has 1 aromatic carbocycles. The lowest BCUT2D eigenvalue weighted by molar-refractivity contribution is 0.375. The molecule has 0 unspecified atom stereocenters. The van der Waals surface area contributed by atoms with Crippen molar-refractivity contribution >= 4 is 8.60 Å². The Morgan fingerprint density at radius 3 is 2.79 bits per heavy atom. The van der Waals surface area contributed by atoms with Crippen molar-refractivity contribution in [2.45, 2.75) is 26.2 Å². The summed E-state index contributed by atoms with van der Waals surface area (Å²) in [6, 6.07) is 7.44. The normalized spacial score (nSPS) is 10.6. The molecule has 0 aliphatic rings. The van der Waals surface area contributed by atoms with Crippen molar-refractivity contribution in [2.75, 3.05) is 0 Å². The van der Waals surface area contributed by atoms with E-state index in [-0.39, 0.29) is 0 Å². The van der Waals surface area contributed by atoms with Gasteiger partial charge in [-0.2, -0.15) is 0 Å². The number of unbranched alkanes of at least 4 members (excludes halogenated alkanes) is 1. The van der Waals surface area contributed by atoms with Gasteiger partial charge in [-0.05, 0) is 30.5 Å². The first-order valence-electron chi connectivity index (χ1n) is 4.67. The van der Waals surface area contributed by atoms with Crippen LogP contribution in [0.15, 0.2) is 24.3 Å². The Morgan fingerprint density at radius 1 is 1.36 bits per heavy atom. The maximum Gasteiger partial charge on any atom is 0.391 e. The molecule has 0 aliphatic carbocycles. The zero-order chi connectivity index (χ0) is 10.4. The third-order valence-corrected chi connectivity index (χ3v) is 2.28. The van der Waals surface area contributed by atoms with Gasteiger partial charge in [0.15, 0.2) is 0 Å². The number of aryl methyl sites for hydroxylation is 1. The molecule has 0 saturated heterocycles. The summed E-state index contributed by atoms with van der Waals surface area (Å²) in [7, 11) is -2.30. The maximum absolute atomic E-state index is 8.67. The summed E-state index contributed by atoms with van der Waals surface area (Å²) in [5, 5.41) is 0. The highest BCUT2D eigenvalue weighted by molar-refractivity contribution is 7.39. The number of hydrogen-bond acceptors (Lipinski definition) is 3. The van der Waals surface area contributed by atoms with Gasteiger partial charge in [-0.1, -0.05) is 25.5 Å². The zero-order valence-electron chi connectivity index (χ0n) is 8.18. The topological polar surface area (TPSA) is 49.7 Å². The molecule has 0 heterocycles. The summed E-state index contributed by atoms with van der Waals surface area (Å²) in [5.41, 5.74) is 1.17. The maximum atomic E-state index is 8.67. The lowest BCUT2D eigenvalue weighted by Gasteiger charge is -2.06. The van der Waals surface area contributed by atoms with E-state index in [4.69, 9.17) is 14.3 Å². The molecule has 14 heavy (non-hydrogen) atoms. The van der Waals surface area contributed by atoms with Crippen LogP contribution in [-0.4, -0.2) is 9.79 Å². The van der Waals surface area contributed by atoms with Gasteiger partial charge >= 0.3 is 8.60 Å². The fraction of sp³-hybridized carbons (Fsp3) is 0.400. The van der Waals surface area contributed by atoms with Crippen molar-refractivity contribution in [1.29, 1.82) is 0 Å². The van der Waals surface area contributed by atoms with Crippen LogP contribution >= 0.6 is 8.60 Å². The van der Waals surface area contributed by atoms with E-state index in [1.54, 1.807) is 6.07 Å². The summed E-state index contributed by atoms with van der Waals surface area (Å²) in [4.78, 5) is 17.3. The lowest BCUT2D eigenvalue weighted by atomic mass is 10.1. The molecule has 0 aromatic heterocycles. The van der Waals surface area contributed by atoms with Gasteiger partial charge in [0.05, 0.1) is 0 Å². The van der Waals surface area contributed by atoms with Crippen LogP contribution in [0.3, 0.4) is 0 Å². The first-order valence-corrected chi connectivity index (χ1v) is 5.83. The predicted molar refractivity (Wildman–Crippen MR) is 57.0 cm³/mol. The van der Waals surface area contributed by atoms with Gasteiger partial charge in [0.25, 0.3) is 0 Å². The number of benzene rings is 1. The molecule has 0 bridgehead atoms. The molecular weight excluding hydrogens is 199 g/mol. The Bertz CT molecular complexity index is 276. The Labute approximate surface area is 85.4 Å². The average molecular weight is 214 g/mol. The molecule has 78 valence electrons. The van der Waals surface area contributed by atoms with Gasteiger partial charge in [0, 0.05) is 0 Å². The van der Waals surface area contributed by atoms with Gasteiger partial charge in [-0.25, -0.2) is 0 Å².